The van der Waals surface area contributed by atoms with Crippen molar-refractivity contribution in [2.45, 2.75) is 94.8 Å². The zero-order valence-electron chi connectivity index (χ0n) is 33.7. The lowest BCUT2D eigenvalue weighted by Crippen LogP contribution is -2.26. The summed E-state index contributed by atoms with van der Waals surface area (Å²) in [7, 11) is 0. The normalized spacial score (nSPS) is 27.8. The number of hydrogen-bond donors (Lipinski definition) is 0. The highest BCUT2D eigenvalue weighted by Gasteiger charge is 2.34. The van der Waals surface area contributed by atoms with E-state index in [1.165, 1.54) is 88.8 Å². The first kappa shape index (κ1) is 38.6. The van der Waals surface area contributed by atoms with E-state index in [4.69, 9.17) is 6.58 Å². The molecule has 0 radical (unpaired) electrons. The van der Waals surface area contributed by atoms with Crippen molar-refractivity contribution in [1.29, 1.82) is 0 Å². The third-order valence-electron chi connectivity index (χ3n) is 13.6. The first-order valence-corrected chi connectivity index (χ1v) is 22.6. The Morgan fingerprint density at radius 2 is 1.84 bits per heavy atom. The Morgan fingerprint density at radius 3 is 2.64 bits per heavy atom. The van der Waals surface area contributed by atoms with E-state index >= 15 is 0 Å². The van der Waals surface area contributed by atoms with Gasteiger partial charge in [-0.25, -0.2) is 0 Å². The molecule has 286 valence electrons. The van der Waals surface area contributed by atoms with Crippen LogP contribution in [0.15, 0.2) is 202 Å². The second-order valence-electron chi connectivity index (χ2n) is 17.0. The molecule has 0 bridgehead atoms. The Hall–Kier alpha value is -4.29. The van der Waals surface area contributed by atoms with Gasteiger partial charge < -0.3 is 0 Å². The first-order valence-electron chi connectivity index (χ1n) is 21.6. The summed E-state index contributed by atoms with van der Waals surface area (Å²) in [6, 6.07) is 8.95. The topological polar surface area (TPSA) is 0 Å². The van der Waals surface area contributed by atoms with Crippen molar-refractivity contribution < 1.29 is 0 Å². The zero-order chi connectivity index (χ0) is 38.4. The fourth-order valence-electron chi connectivity index (χ4n) is 10.5. The fraction of sp³-hybridized carbons (Fsp3) is 0.364. The summed E-state index contributed by atoms with van der Waals surface area (Å²) >= 11 is 1.97. The largest absolute Gasteiger partial charge is 0.121 e. The Kier molecular flexibility index (Phi) is 12.3. The van der Waals surface area contributed by atoms with Crippen molar-refractivity contribution in [2.75, 3.05) is 5.75 Å². The second kappa shape index (κ2) is 17.9. The maximum Gasteiger partial charge on any atom is 0.0266 e. The Balaban J connectivity index is 1.01. The molecule has 6 aliphatic carbocycles. The first-order chi connectivity index (χ1) is 27.5. The molecule has 56 heavy (non-hydrogen) atoms. The summed E-state index contributed by atoms with van der Waals surface area (Å²) in [6.07, 6.45) is 49.7. The Labute approximate surface area is 342 Å². The van der Waals surface area contributed by atoms with Gasteiger partial charge in [0.05, 0.1) is 0 Å². The minimum Gasteiger partial charge on any atom is -0.121 e. The molecule has 6 atom stereocenters. The molecule has 1 saturated carbocycles. The van der Waals surface area contributed by atoms with Gasteiger partial charge in [-0.2, -0.15) is 0 Å². The van der Waals surface area contributed by atoms with Crippen LogP contribution in [0.4, 0.5) is 0 Å². The van der Waals surface area contributed by atoms with Crippen LogP contribution in [-0.4, -0.2) is 5.75 Å². The highest BCUT2D eigenvalue weighted by Crippen LogP contribution is 2.48. The van der Waals surface area contributed by atoms with Crippen LogP contribution >= 0.6 is 11.8 Å². The van der Waals surface area contributed by atoms with Crippen molar-refractivity contribution in [2.24, 2.45) is 29.6 Å². The van der Waals surface area contributed by atoms with Crippen LogP contribution in [0.3, 0.4) is 0 Å². The van der Waals surface area contributed by atoms with Crippen molar-refractivity contribution in [3.05, 3.63) is 202 Å². The summed E-state index contributed by atoms with van der Waals surface area (Å²) in [4.78, 5) is 1.42. The Morgan fingerprint density at radius 1 is 0.929 bits per heavy atom. The molecule has 6 unspecified atom stereocenters. The van der Waals surface area contributed by atoms with E-state index in [0.29, 0.717) is 29.6 Å². The van der Waals surface area contributed by atoms with E-state index in [2.05, 4.69) is 135 Å². The van der Waals surface area contributed by atoms with E-state index < -0.39 is 0 Å². The van der Waals surface area contributed by atoms with E-state index in [-0.39, 0.29) is 5.92 Å². The average Bonchev–Trinajstić information content (AvgIpc) is 3.26. The van der Waals surface area contributed by atoms with E-state index in [0.717, 1.165) is 49.0 Å². The summed E-state index contributed by atoms with van der Waals surface area (Å²) in [5.41, 5.74) is 19.0. The average molecular weight is 753 g/mol. The second-order valence-corrected chi connectivity index (χ2v) is 18.0. The quantitative estimate of drug-likeness (QED) is 0.130. The van der Waals surface area contributed by atoms with Crippen LogP contribution < -0.4 is 0 Å². The predicted molar refractivity (Wildman–Crippen MR) is 243 cm³/mol. The number of benzene rings is 1. The van der Waals surface area contributed by atoms with Crippen molar-refractivity contribution in [1.82, 2.24) is 0 Å². The molecule has 1 aromatic rings. The highest BCUT2D eigenvalue weighted by atomic mass is 32.2. The molecule has 1 heteroatoms. The number of allylic oxidation sites excluding steroid dienone is 23. The standard InChI is InChI=1S/C55H60S/c1-5-17-42(49-26-16-28-51-52-25-12-13-29-54(52)56-37-53(49)51)34-35-48(43-19-8-6-9-20-43)40(4)39(3)46-23-15-24-47(36-46)41-30-32-44(33-31-41)50-27-14-18-38(2)55(50)45-21-10-7-11-22-45/h5,8,12-13,15-17,19-21,23-26,29-30,32-34,39,41,47,50-51,55H,1-2,4,6-7,9-11,14,18,22,27-28,31,36-37H2,3H3/b42-17-. The molecule has 0 N–H and O–H groups in total. The van der Waals surface area contributed by atoms with Crippen molar-refractivity contribution >= 4 is 11.8 Å². The van der Waals surface area contributed by atoms with Gasteiger partial charge in [0.1, 0.15) is 0 Å². The van der Waals surface area contributed by atoms with Crippen LogP contribution in [0.2, 0.25) is 0 Å². The Bertz CT molecular complexity index is 2130. The fourth-order valence-corrected chi connectivity index (χ4v) is 11.7. The van der Waals surface area contributed by atoms with E-state index in [1.54, 1.807) is 11.1 Å². The van der Waals surface area contributed by atoms with Crippen LogP contribution in [0, 0.1) is 29.6 Å². The summed E-state index contributed by atoms with van der Waals surface area (Å²) in [5, 5.41) is 0. The van der Waals surface area contributed by atoms with E-state index in [1.807, 2.05) is 17.8 Å². The molecule has 1 aliphatic heterocycles. The van der Waals surface area contributed by atoms with Crippen LogP contribution in [0.25, 0.3) is 0 Å². The van der Waals surface area contributed by atoms with Crippen molar-refractivity contribution in [3.8, 4) is 0 Å². The molecule has 0 amide bonds. The van der Waals surface area contributed by atoms with Gasteiger partial charge in [-0.3, -0.25) is 0 Å². The molecule has 0 nitrogen and oxygen atoms in total. The number of thioether (sulfide) groups is 1. The molecule has 0 spiro atoms. The molecule has 0 saturated heterocycles. The monoisotopic (exact) mass is 752 g/mol. The molecule has 8 rings (SSSR count). The molecule has 1 aromatic carbocycles. The third-order valence-corrected chi connectivity index (χ3v) is 14.8. The van der Waals surface area contributed by atoms with Gasteiger partial charge in [-0.15, -0.1) is 17.5 Å². The smallest absolute Gasteiger partial charge is 0.0266 e. The SMILES string of the molecule is C=C/C=C(/C=C=C(C(=C)C(C)C1=CC=CC(C2C=CC(C3CCCC(=C)C3C3=CCCCC3)=CC2)C1)C1=CCCC=C1)C1=C2CSc3ccccc3C2CC=C1. The summed E-state index contributed by atoms with van der Waals surface area (Å²) in [6.45, 7) is 15.9. The number of hydrogen-bond acceptors (Lipinski definition) is 1. The van der Waals surface area contributed by atoms with Crippen LogP contribution in [-0.2, 0) is 0 Å². The van der Waals surface area contributed by atoms with Gasteiger partial charge in [0.15, 0.2) is 0 Å². The molecule has 1 heterocycles. The molecule has 0 aromatic heterocycles. The minimum absolute atomic E-state index is 0.213. The number of rotatable bonds is 10. The molecular weight excluding hydrogens is 693 g/mol. The van der Waals surface area contributed by atoms with Gasteiger partial charge in [-0.05, 0) is 146 Å². The minimum atomic E-state index is 0.213. The maximum absolute atomic E-state index is 4.82. The van der Waals surface area contributed by atoms with Gasteiger partial charge >= 0.3 is 0 Å². The molecule has 1 fully saturated rings. The third kappa shape index (κ3) is 8.23. The van der Waals surface area contributed by atoms with Crippen molar-refractivity contribution in [3.63, 3.8) is 0 Å². The maximum atomic E-state index is 4.82. The van der Waals surface area contributed by atoms with Crippen LogP contribution in [0.5, 0.6) is 0 Å². The lowest BCUT2D eigenvalue weighted by molar-refractivity contribution is 0.372. The predicted octanol–water partition coefficient (Wildman–Crippen LogP) is 15.3. The van der Waals surface area contributed by atoms with Crippen LogP contribution in [0.1, 0.15) is 95.5 Å². The van der Waals surface area contributed by atoms with Gasteiger partial charge in [0.25, 0.3) is 0 Å². The van der Waals surface area contributed by atoms with E-state index in [9.17, 15) is 0 Å². The molecule has 7 aliphatic rings. The highest BCUT2D eigenvalue weighted by molar-refractivity contribution is 7.99. The lowest BCUT2D eigenvalue weighted by Gasteiger charge is -2.38. The summed E-state index contributed by atoms with van der Waals surface area (Å²) in [5.74, 6) is 3.84. The van der Waals surface area contributed by atoms with Gasteiger partial charge in [-0.1, -0.05) is 147 Å². The zero-order valence-corrected chi connectivity index (χ0v) is 34.5. The van der Waals surface area contributed by atoms with Gasteiger partial charge in [0.2, 0.25) is 0 Å². The number of fused-ring (bicyclic) bond motifs is 3. The lowest BCUT2D eigenvalue weighted by atomic mass is 9.66. The van der Waals surface area contributed by atoms with Gasteiger partial charge in [0, 0.05) is 34.0 Å². The summed E-state index contributed by atoms with van der Waals surface area (Å²) < 4.78 is 0. The molecular formula is C55H60S.